The quantitative estimate of drug-likeness (QED) is 0.722. The number of aliphatic carboxylic acids is 1. The Bertz CT molecular complexity index is 555. The third-order valence-electron chi connectivity index (χ3n) is 3.38. The number of H-pyrrole nitrogens is 1. The highest BCUT2D eigenvalue weighted by Crippen LogP contribution is 2.58. The molecule has 0 aromatic carbocycles. The lowest BCUT2D eigenvalue weighted by molar-refractivity contribution is -0.140. The fourth-order valence-corrected chi connectivity index (χ4v) is 2.26. The Morgan fingerprint density at radius 3 is 2.72 bits per heavy atom. The molecule has 1 fully saturated rings. The van der Waals surface area contributed by atoms with Gasteiger partial charge in [-0.2, -0.15) is 10.4 Å². The van der Waals surface area contributed by atoms with Gasteiger partial charge in [0.1, 0.15) is 17.5 Å². The highest BCUT2D eigenvalue weighted by atomic mass is 16.4. The number of aromatic amines is 1. The lowest BCUT2D eigenvalue weighted by Crippen LogP contribution is -2.18. The second-order valence-corrected chi connectivity index (χ2v) is 4.87. The van der Waals surface area contributed by atoms with E-state index < -0.39 is 29.1 Å². The number of aromatic nitrogens is 2. The van der Waals surface area contributed by atoms with E-state index in [0.717, 1.165) is 0 Å². The van der Waals surface area contributed by atoms with Gasteiger partial charge in [-0.3, -0.25) is 14.7 Å². The highest BCUT2D eigenvalue weighted by molar-refractivity contribution is 5.99. The predicted octanol–water partition coefficient (Wildman–Crippen LogP) is 0.577. The maximum Gasteiger partial charge on any atom is 0.307 e. The smallest absolute Gasteiger partial charge is 0.307 e. The predicted molar refractivity (Wildman–Crippen MR) is 60.3 cm³/mol. The summed E-state index contributed by atoms with van der Waals surface area (Å²) in [5.74, 6) is -2.47. The normalized spacial score (nSPS) is 24.1. The van der Waals surface area contributed by atoms with Gasteiger partial charge >= 0.3 is 5.97 Å². The van der Waals surface area contributed by atoms with Crippen molar-refractivity contribution in [2.24, 2.45) is 17.3 Å². The van der Waals surface area contributed by atoms with Crippen molar-refractivity contribution in [3.05, 3.63) is 11.8 Å². The van der Waals surface area contributed by atoms with Crippen LogP contribution in [0.25, 0.3) is 0 Å². The van der Waals surface area contributed by atoms with Gasteiger partial charge in [0.15, 0.2) is 0 Å². The molecule has 7 heteroatoms. The van der Waals surface area contributed by atoms with Crippen molar-refractivity contribution in [2.75, 3.05) is 5.32 Å². The molecule has 2 rings (SSSR count). The Labute approximate surface area is 103 Å². The van der Waals surface area contributed by atoms with Crippen molar-refractivity contribution < 1.29 is 14.7 Å². The molecule has 0 spiro atoms. The maximum atomic E-state index is 11.9. The summed E-state index contributed by atoms with van der Waals surface area (Å²) in [7, 11) is 0. The molecule has 1 amide bonds. The number of carboxylic acids is 1. The highest BCUT2D eigenvalue weighted by Gasteiger charge is 2.65. The minimum absolute atomic E-state index is 0.203. The van der Waals surface area contributed by atoms with Crippen molar-refractivity contribution in [1.82, 2.24) is 10.2 Å². The van der Waals surface area contributed by atoms with Gasteiger partial charge in [-0.1, -0.05) is 13.8 Å². The first-order valence-corrected chi connectivity index (χ1v) is 5.36. The summed E-state index contributed by atoms with van der Waals surface area (Å²) in [5.41, 5.74) is -0.350. The molecule has 7 nitrogen and oxygen atoms in total. The van der Waals surface area contributed by atoms with E-state index in [1.54, 1.807) is 13.8 Å². The second-order valence-electron chi connectivity index (χ2n) is 4.87. The zero-order chi connectivity index (χ0) is 13.5. The van der Waals surface area contributed by atoms with Gasteiger partial charge in [-0.25, -0.2) is 0 Å². The van der Waals surface area contributed by atoms with E-state index >= 15 is 0 Å². The summed E-state index contributed by atoms with van der Waals surface area (Å²) in [6, 6.07) is 1.87. The summed E-state index contributed by atoms with van der Waals surface area (Å²) in [5, 5.41) is 26.4. The summed E-state index contributed by atoms with van der Waals surface area (Å²) in [6.07, 6.45) is 1.29. The first-order chi connectivity index (χ1) is 8.39. The van der Waals surface area contributed by atoms with Crippen LogP contribution in [0, 0.1) is 28.6 Å². The molecule has 94 valence electrons. The molecule has 2 atom stereocenters. The molecule has 2 unspecified atom stereocenters. The van der Waals surface area contributed by atoms with E-state index in [0.29, 0.717) is 0 Å². The van der Waals surface area contributed by atoms with Crippen LogP contribution in [-0.2, 0) is 9.59 Å². The number of rotatable bonds is 3. The molecule has 0 bridgehead atoms. The molecular weight excluding hydrogens is 236 g/mol. The number of anilines is 1. The Kier molecular flexibility index (Phi) is 2.58. The van der Waals surface area contributed by atoms with Crippen LogP contribution in [0.4, 0.5) is 5.82 Å². The lowest BCUT2D eigenvalue weighted by Gasteiger charge is -2.03. The van der Waals surface area contributed by atoms with Crippen LogP contribution in [0.1, 0.15) is 19.4 Å². The van der Waals surface area contributed by atoms with E-state index in [-0.39, 0.29) is 11.4 Å². The average molecular weight is 248 g/mol. The summed E-state index contributed by atoms with van der Waals surface area (Å²) >= 11 is 0. The zero-order valence-electron chi connectivity index (χ0n) is 9.89. The number of carbonyl (C=O) groups excluding carboxylic acids is 1. The Morgan fingerprint density at radius 1 is 1.56 bits per heavy atom. The fourth-order valence-electron chi connectivity index (χ4n) is 2.26. The van der Waals surface area contributed by atoms with Gasteiger partial charge in [-0.15, -0.1) is 0 Å². The fraction of sp³-hybridized carbons (Fsp3) is 0.455. The van der Waals surface area contributed by atoms with Crippen molar-refractivity contribution in [1.29, 1.82) is 5.26 Å². The number of amides is 1. The number of carboxylic acid groups (broad SMARTS) is 1. The molecule has 1 aromatic rings. The number of nitrogens with zero attached hydrogens (tertiary/aromatic N) is 2. The first-order valence-electron chi connectivity index (χ1n) is 5.36. The van der Waals surface area contributed by atoms with Gasteiger partial charge < -0.3 is 10.4 Å². The number of nitrogens with one attached hydrogen (secondary N) is 2. The molecule has 1 aliphatic carbocycles. The Balaban J connectivity index is 2.12. The first kappa shape index (κ1) is 12.1. The van der Waals surface area contributed by atoms with Crippen LogP contribution >= 0.6 is 0 Å². The van der Waals surface area contributed by atoms with Crippen LogP contribution in [0.3, 0.4) is 0 Å². The molecule has 1 aliphatic rings. The topological polar surface area (TPSA) is 119 Å². The summed E-state index contributed by atoms with van der Waals surface area (Å²) in [6.45, 7) is 3.46. The largest absolute Gasteiger partial charge is 0.481 e. The zero-order valence-corrected chi connectivity index (χ0v) is 9.89. The SMILES string of the molecule is CC1(C)C(C(=O)O)C1C(=O)Nc1[nH]ncc1C#N. The van der Waals surface area contributed by atoms with Gasteiger partial charge in [-0.05, 0) is 5.41 Å². The lowest BCUT2D eigenvalue weighted by atomic mass is 10.1. The number of hydrogen-bond acceptors (Lipinski definition) is 4. The van der Waals surface area contributed by atoms with Gasteiger partial charge in [0, 0.05) is 0 Å². The molecule has 1 aromatic heterocycles. The van der Waals surface area contributed by atoms with E-state index in [2.05, 4.69) is 15.5 Å². The van der Waals surface area contributed by atoms with Crippen LogP contribution in [0.5, 0.6) is 0 Å². The summed E-state index contributed by atoms with van der Waals surface area (Å²) < 4.78 is 0. The molecule has 18 heavy (non-hydrogen) atoms. The Morgan fingerprint density at radius 2 is 2.22 bits per heavy atom. The monoisotopic (exact) mass is 248 g/mol. The minimum Gasteiger partial charge on any atom is -0.481 e. The molecular formula is C11H12N4O3. The van der Waals surface area contributed by atoms with Crippen LogP contribution in [-0.4, -0.2) is 27.2 Å². The third-order valence-corrected chi connectivity index (χ3v) is 3.38. The van der Waals surface area contributed by atoms with E-state index in [1.165, 1.54) is 6.20 Å². The van der Waals surface area contributed by atoms with Crippen molar-refractivity contribution in [3.8, 4) is 6.07 Å². The van der Waals surface area contributed by atoms with Crippen LogP contribution in [0.2, 0.25) is 0 Å². The molecule has 0 aliphatic heterocycles. The van der Waals surface area contributed by atoms with Gasteiger partial charge in [0.25, 0.3) is 0 Å². The standard InChI is InChI=1S/C11H12N4O3/c1-11(2)6(7(11)10(17)18)9(16)14-8-5(3-12)4-13-15-8/h4,6-7H,1-2H3,(H,17,18)(H2,13,14,15,16). The number of hydrogen-bond donors (Lipinski definition) is 3. The molecule has 1 heterocycles. The van der Waals surface area contributed by atoms with Gasteiger partial charge in [0.2, 0.25) is 5.91 Å². The minimum atomic E-state index is -0.981. The Hall–Kier alpha value is -2.36. The molecule has 0 radical (unpaired) electrons. The van der Waals surface area contributed by atoms with Gasteiger partial charge in [0.05, 0.1) is 18.0 Å². The maximum absolute atomic E-state index is 11.9. The van der Waals surface area contributed by atoms with Crippen molar-refractivity contribution in [3.63, 3.8) is 0 Å². The van der Waals surface area contributed by atoms with E-state index in [9.17, 15) is 9.59 Å². The van der Waals surface area contributed by atoms with Crippen molar-refractivity contribution in [2.45, 2.75) is 13.8 Å². The van der Waals surface area contributed by atoms with Crippen LogP contribution < -0.4 is 5.32 Å². The summed E-state index contributed by atoms with van der Waals surface area (Å²) in [4.78, 5) is 22.9. The second kappa shape index (κ2) is 3.84. The average Bonchev–Trinajstić information content (AvgIpc) is 2.66. The molecule has 1 saturated carbocycles. The molecule has 3 N–H and O–H groups in total. The van der Waals surface area contributed by atoms with E-state index in [4.69, 9.17) is 10.4 Å². The van der Waals surface area contributed by atoms with E-state index in [1.807, 2.05) is 6.07 Å². The van der Waals surface area contributed by atoms with Crippen LogP contribution in [0.15, 0.2) is 6.20 Å². The number of nitriles is 1. The third kappa shape index (κ3) is 1.72. The van der Waals surface area contributed by atoms with Crippen molar-refractivity contribution >= 4 is 17.7 Å². The molecule has 0 saturated heterocycles. The number of carbonyl (C=O) groups is 2.